The molecule has 1 aromatic carbocycles. The molecule has 2 aromatic heterocycles. The first-order chi connectivity index (χ1) is 12.3. The second-order valence-electron chi connectivity index (χ2n) is 5.69. The van der Waals surface area contributed by atoms with Gasteiger partial charge in [0.25, 0.3) is 5.91 Å². The summed E-state index contributed by atoms with van der Waals surface area (Å²) >= 11 is 6.32. The Hall–Kier alpha value is -3.00. The molecule has 26 heavy (non-hydrogen) atoms. The molecule has 0 aliphatic rings. The second kappa shape index (κ2) is 7.09. The zero-order valence-corrected chi connectivity index (χ0v) is 15.1. The fourth-order valence-electron chi connectivity index (χ4n) is 2.47. The number of carbonyl (C=O) groups is 1. The fraction of sp³-hybridized carbons (Fsp3) is 0.176. The number of rotatable bonds is 4. The minimum Gasteiger partial charge on any atom is -0.267 e. The molecule has 0 spiro atoms. The number of hydrogen-bond donors (Lipinski definition) is 2. The lowest BCUT2D eigenvalue weighted by atomic mass is 10.2. The van der Waals surface area contributed by atoms with Crippen molar-refractivity contribution in [2.75, 3.05) is 5.43 Å². The number of halogens is 2. The normalized spacial score (nSPS) is 10.7. The van der Waals surface area contributed by atoms with Gasteiger partial charge in [-0.2, -0.15) is 5.10 Å². The maximum atomic E-state index is 13.1. The summed E-state index contributed by atoms with van der Waals surface area (Å²) in [5, 5.41) is 4.38. The van der Waals surface area contributed by atoms with Gasteiger partial charge < -0.3 is 0 Å². The number of hydrazine groups is 1. The molecular weight excluding hydrogens is 359 g/mol. The number of carbonyl (C=O) groups excluding carboxylic acids is 1. The third-order valence-electron chi connectivity index (χ3n) is 3.57. The molecule has 1 amide bonds. The molecule has 3 aromatic rings. The highest BCUT2D eigenvalue weighted by atomic mass is 35.5. The quantitative estimate of drug-likeness (QED) is 0.685. The highest BCUT2D eigenvalue weighted by molar-refractivity contribution is 6.33. The lowest BCUT2D eigenvalue weighted by Crippen LogP contribution is -2.31. The van der Waals surface area contributed by atoms with Gasteiger partial charge in [-0.3, -0.25) is 15.6 Å². The number of aromatic nitrogens is 4. The molecule has 0 aliphatic carbocycles. The molecule has 134 valence electrons. The van der Waals surface area contributed by atoms with E-state index in [0.717, 1.165) is 11.4 Å². The van der Waals surface area contributed by atoms with Crippen LogP contribution in [0.1, 0.15) is 27.4 Å². The summed E-state index contributed by atoms with van der Waals surface area (Å²) in [7, 11) is 0. The summed E-state index contributed by atoms with van der Waals surface area (Å²) in [4.78, 5) is 20.9. The van der Waals surface area contributed by atoms with Crippen LogP contribution in [0.2, 0.25) is 5.15 Å². The van der Waals surface area contributed by atoms with Crippen molar-refractivity contribution in [3.63, 3.8) is 0 Å². The molecule has 0 fully saturated rings. The Morgan fingerprint density at radius 3 is 2.35 bits per heavy atom. The Kier molecular flexibility index (Phi) is 4.85. The smallest absolute Gasteiger partial charge is 0.267 e. The molecule has 7 nitrogen and oxygen atoms in total. The Morgan fingerprint density at radius 2 is 1.73 bits per heavy atom. The van der Waals surface area contributed by atoms with Crippen LogP contribution < -0.4 is 10.9 Å². The number of anilines is 1. The highest BCUT2D eigenvalue weighted by Gasteiger charge is 2.21. The van der Waals surface area contributed by atoms with Gasteiger partial charge in [0.05, 0.1) is 11.4 Å². The van der Waals surface area contributed by atoms with Gasteiger partial charge in [-0.25, -0.2) is 19.0 Å². The van der Waals surface area contributed by atoms with Gasteiger partial charge in [0, 0.05) is 11.4 Å². The first-order valence-electron chi connectivity index (χ1n) is 7.75. The molecule has 0 saturated carbocycles. The van der Waals surface area contributed by atoms with E-state index in [0.29, 0.717) is 11.4 Å². The number of benzene rings is 1. The van der Waals surface area contributed by atoms with Crippen LogP contribution in [-0.4, -0.2) is 25.7 Å². The number of aryl methyl sites for hydroxylation is 3. The third-order valence-corrected chi connectivity index (χ3v) is 3.92. The summed E-state index contributed by atoms with van der Waals surface area (Å²) in [5.74, 6) is -0.580. The van der Waals surface area contributed by atoms with Gasteiger partial charge in [-0.1, -0.05) is 11.6 Å². The van der Waals surface area contributed by atoms with Gasteiger partial charge in [-0.05, 0) is 51.1 Å². The molecule has 0 unspecified atom stereocenters. The van der Waals surface area contributed by atoms with E-state index in [1.165, 1.54) is 28.9 Å². The van der Waals surface area contributed by atoms with E-state index in [1.807, 2.05) is 19.9 Å². The van der Waals surface area contributed by atoms with Crippen LogP contribution in [0, 0.1) is 26.6 Å². The lowest BCUT2D eigenvalue weighted by molar-refractivity contribution is 0.0962. The van der Waals surface area contributed by atoms with Crippen molar-refractivity contribution < 1.29 is 9.18 Å². The van der Waals surface area contributed by atoms with Crippen LogP contribution in [0.25, 0.3) is 5.69 Å². The zero-order chi connectivity index (χ0) is 18.8. The maximum absolute atomic E-state index is 13.1. The topological polar surface area (TPSA) is 84.7 Å². The molecule has 2 N–H and O–H groups in total. The Balaban J connectivity index is 1.82. The summed E-state index contributed by atoms with van der Waals surface area (Å²) in [5.41, 5.74) is 7.90. The monoisotopic (exact) mass is 374 g/mol. The average molecular weight is 375 g/mol. The van der Waals surface area contributed by atoms with E-state index in [1.54, 1.807) is 6.92 Å². The van der Waals surface area contributed by atoms with Crippen molar-refractivity contribution >= 4 is 23.5 Å². The molecule has 3 rings (SSSR count). The summed E-state index contributed by atoms with van der Waals surface area (Å²) < 4.78 is 14.5. The largest absolute Gasteiger partial charge is 0.274 e. The molecule has 9 heteroatoms. The van der Waals surface area contributed by atoms with Crippen molar-refractivity contribution in [1.82, 2.24) is 25.2 Å². The Labute approximate surface area is 154 Å². The van der Waals surface area contributed by atoms with Crippen molar-refractivity contribution in [2.45, 2.75) is 20.8 Å². The molecule has 2 heterocycles. The third kappa shape index (κ3) is 3.65. The number of amides is 1. The second-order valence-corrected chi connectivity index (χ2v) is 6.05. The standard InChI is InChI=1S/C17H16ClFN6O/c1-9-8-10(2)21-17(20-9)23-22-16(26)14-11(3)24-25(15(14)18)13-6-4-12(19)5-7-13/h4-8H,1-3H3,(H,22,26)(H,20,21,23). The van der Waals surface area contributed by atoms with E-state index >= 15 is 0 Å². The highest BCUT2D eigenvalue weighted by Crippen LogP contribution is 2.23. The van der Waals surface area contributed by atoms with Crippen molar-refractivity contribution in [2.24, 2.45) is 0 Å². The predicted octanol–water partition coefficient (Wildman–Crippen LogP) is 3.14. The van der Waals surface area contributed by atoms with Gasteiger partial charge in [0.2, 0.25) is 5.95 Å². The number of nitrogens with one attached hydrogen (secondary N) is 2. The number of hydrogen-bond acceptors (Lipinski definition) is 5. The van der Waals surface area contributed by atoms with E-state index in [2.05, 4.69) is 25.9 Å². The van der Waals surface area contributed by atoms with Gasteiger partial charge >= 0.3 is 0 Å². The van der Waals surface area contributed by atoms with Crippen LogP contribution in [0.4, 0.5) is 10.3 Å². The maximum Gasteiger partial charge on any atom is 0.274 e. The van der Waals surface area contributed by atoms with Crippen LogP contribution in [0.3, 0.4) is 0 Å². The van der Waals surface area contributed by atoms with E-state index in [-0.39, 0.29) is 22.5 Å². The minimum absolute atomic E-state index is 0.120. The first-order valence-corrected chi connectivity index (χ1v) is 8.12. The Morgan fingerprint density at radius 1 is 1.12 bits per heavy atom. The van der Waals surface area contributed by atoms with Crippen molar-refractivity contribution in [3.8, 4) is 5.69 Å². The van der Waals surface area contributed by atoms with E-state index in [4.69, 9.17) is 11.6 Å². The predicted molar refractivity (Wildman–Crippen MR) is 95.9 cm³/mol. The lowest BCUT2D eigenvalue weighted by Gasteiger charge is -2.08. The van der Waals surface area contributed by atoms with Gasteiger partial charge in [0.15, 0.2) is 0 Å². The molecule has 0 saturated heterocycles. The van der Waals surface area contributed by atoms with Crippen LogP contribution in [0.15, 0.2) is 30.3 Å². The Bertz CT molecular complexity index is 950. The molecular formula is C17H16ClFN6O. The average Bonchev–Trinajstić information content (AvgIpc) is 2.87. The van der Waals surface area contributed by atoms with Crippen LogP contribution in [-0.2, 0) is 0 Å². The van der Waals surface area contributed by atoms with Crippen molar-refractivity contribution in [1.29, 1.82) is 0 Å². The first kappa shape index (κ1) is 17.8. The van der Waals surface area contributed by atoms with Crippen molar-refractivity contribution in [3.05, 3.63) is 63.9 Å². The summed E-state index contributed by atoms with van der Waals surface area (Å²) in [6.07, 6.45) is 0. The van der Waals surface area contributed by atoms with Gasteiger partial charge in [-0.15, -0.1) is 0 Å². The van der Waals surface area contributed by atoms with Crippen LogP contribution in [0.5, 0.6) is 0 Å². The summed E-state index contributed by atoms with van der Waals surface area (Å²) in [6.45, 7) is 5.32. The molecule has 0 aliphatic heterocycles. The van der Waals surface area contributed by atoms with Crippen LogP contribution >= 0.6 is 11.6 Å². The van der Waals surface area contributed by atoms with E-state index in [9.17, 15) is 9.18 Å². The fourth-order valence-corrected chi connectivity index (χ4v) is 2.83. The van der Waals surface area contributed by atoms with E-state index < -0.39 is 5.91 Å². The molecule has 0 atom stereocenters. The van der Waals surface area contributed by atoms with Gasteiger partial charge in [0.1, 0.15) is 16.5 Å². The number of nitrogens with zero attached hydrogens (tertiary/aromatic N) is 4. The minimum atomic E-state index is -0.483. The SMILES string of the molecule is Cc1cc(C)nc(NNC(=O)c2c(C)nn(-c3ccc(F)cc3)c2Cl)n1. The molecule has 0 bridgehead atoms. The summed E-state index contributed by atoms with van der Waals surface area (Å²) in [6, 6.07) is 7.46. The zero-order valence-electron chi connectivity index (χ0n) is 14.3. The molecule has 0 radical (unpaired) electrons.